The fourth-order valence-electron chi connectivity index (χ4n) is 1.72. The summed E-state index contributed by atoms with van der Waals surface area (Å²) in [5.41, 5.74) is 0.821. The van der Waals surface area contributed by atoms with E-state index in [9.17, 15) is 4.79 Å². The van der Waals surface area contributed by atoms with Crippen LogP contribution in [0.5, 0.6) is 0 Å². The van der Waals surface area contributed by atoms with Gasteiger partial charge < -0.3 is 16.0 Å². The van der Waals surface area contributed by atoms with Crippen molar-refractivity contribution in [3.05, 3.63) is 15.6 Å². The van der Waals surface area contributed by atoms with E-state index in [1.807, 2.05) is 34.6 Å². The first-order valence-electron chi connectivity index (χ1n) is 7.47. The minimum absolute atomic E-state index is 0.0920. The third-order valence-corrected chi connectivity index (χ3v) is 3.79. The van der Waals surface area contributed by atoms with Gasteiger partial charge in [0, 0.05) is 17.0 Å². The Balaban J connectivity index is 2.56. The number of carbonyl (C=O) groups is 1. The van der Waals surface area contributed by atoms with Crippen LogP contribution in [0.1, 0.15) is 43.3 Å². The van der Waals surface area contributed by atoms with Crippen molar-refractivity contribution in [2.24, 2.45) is 4.99 Å². The summed E-state index contributed by atoms with van der Waals surface area (Å²) in [6.07, 6.45) is 0. The van der Waals surface area contributed by atoms with Crippen LogP contribution >= 0.6 is 11.3 Å². The Hall–Kier alpha value is -1.63. The van der Waals surface area contributed by atoms with Crippen LogP contribution in [0.4, 0.5) is 0 Å². The first kappa shape index (κ1) is 18.4. The van der Waals surface area contributed by atoms with Crippen molar-refractivity contribution in [3.8, 4) is 0 Å². The van der Waals surface area contributed by atoms with Gasteiger partial charge in [-0.1, -0.05) is 0 Å². The lowest BCUT2D eigenvalue weighted by Crippen LogP contribution is -2.43. The standard InChI is InChI=1S/C15H27N5OS/c1-7-16-14(17-8-12(21)20-15(4,5)6)18-9-13-19-10(2)11(3)22-13/h7-9H2,1-6H3,(H,20,21)(H2,16,17,18). The van der Waals surface area contributed by atoms with Gasteiger partial charge in [-0.15, -0.1) is 11.3 Å². The average molecular weight is 325 g/mol. The summed E-state index contributed by atoms with van der Waals surface area (Å²) in [6, 6.07) is 0. The summed E-state index contributed by atoms with van der Waals surface area (Å²) < 4.78 is 0. The molecule has 6 nitrogen and oxygen atoms in total. The third-order valence-electron chi connectivity index (χ3n) is 2.72. The van der Waals surface area contributed by atoms with Crippen molar-refractivity contribution >= 4 is 23.2 Å². The summed E-state index contributed by atoms with van der Waals surface area (Å²) in [5.74, 6) is 0.530. The molecule has 7 heteroatoms. The number of amides is 1. The highest BCUT2D eigenvalue weighted by Gasteiger charge is 2.13. The molecule has 1 aromatic rings. The van der Waals surface area contributed by atoms with Gasteiger partial charge in [0.05, 0.1) is 12.2 Å². The predicted octanol–water partition coefficient (Wildman–Crippen LogP) is 1.73. The van der Waals surface area contributed by atoms with Gasteiger partial charge in [0.25, 0.3) is 0 Å². The first-order chi connectivity index (χ1) is 10.2. The molecule has 0 radical (unpaired) electrons. The van der Waals surface area contributed by atoms with Crippen molar-refractivity contribution in [2.75, 3.05) is 13.1 Å². The van der Waals surface area contributed by atoms with E-state index in [2.05, 4.69) is 32.9 Å². The van der Waals surface area contributed by atoms with Gasteiger partial charge in [0.1, 0.15) is 11.6 Å². The minimum atomic E-state index is -0.242. The number of aromatic nitrogens is 1. The molecule has 0 aromatic carbocycles. The first-order valence-corrected chi connectivity index (χ1v) is 8.29. The van der Waals surface area contributed by atoms with Crippen molar-refractivity contribution in [1.82, 2.24) is 20.9 Å². The van der Waals surface area contributed by atoms with E-state index in [0.29, 0.717) is 12.5 Å². The minimum Gasteiger partial charge on any atom is -0.357 e. The molecule has 1 heterocycles. The van der Waals surface area contributed by atoms with Crippen LogP contribution in [0.2, 0.25) is 0 Å². The van der Waals surface area contributed by atoms with Crippen LogP contribution in [0, 0.1) is 13.8 Å². The smallest absolute Gasteiger partial charge is 0.242 e. The fraction of sp³-hybridized carbons (Fsp3) is 0.667. The van der Waals surface area contributed by atoms with Crippen LogP contribution in [0.15, 0.2) is 4.99 Å². The zero-order chi connectivity index (χ0) is 16.8. The van der Waals surface area contributed by atoms with E-state index in [4.69, 9.17) is 0 Å². The molecular weight excluding hydrogens is 298 g/mol. The highest BCUT2D eigenvalue weighted by Crippen LogP contribution is 2.15. The Morgan fingerprint density at radius 3 is 2.45 bits per heavy atom. The summed E-state index contributed by atoms with van der Waals surface area (Å²) in [7, 11) is 0. The highest BCUT2D eigenvalue weighted by atomic mass is 32.1. The molecule has 0 fully saturated rings. The second-order valence-corrected chi connectivity index (χ2v) is 7.38. The monoisotopic (exact) mass is 325 g/mol. The lowest BCUT2D eigenvalue weighted by Gasteiger charge is -2.20. The number of nitrogens with zero attached hydrogens (tertiary/aromatic N) is 2. The van der Waals surface area contributed by atoms with Crippen LogP contribution < -0.4 is 16.0 Å². The predicted molar refractivity (Wildman–Crippen MR) is 92.3 cm³/mol. The number of hydrogen-bond acceptors (Lipinski definition) is 4. The Morgan fingerprint density at radius 2 is 1.95 bits per heavy atom. The topological polar surface area (TPSA) is 78.4 Å². The Kier molecular flexibility index (Phi) is 6.80. The SMILES string of the molecule is CCNC(=NCC(=O)NC(C)(C)C)NCc1nc(C)c(C)s1. The lowest BCUT2D eigenvalue weighted by atomic mass is 10.1. The summed E-state index contributed by atoms with van der Waals surface area (Å²) in [6.45, 7) is 13.3. The normalized spacial score (nSPS) is 12.2. The summed E-state index contributed by atoms with van der Waals surface area (Å²) in [4.78, 5) is 21.8. The molecule has 0 aliphatic carbocycles. The van der Waals surface area contributed by atoms with E-state index in [1.54, 1.807) is 11.3 Å². The van der Waals surface area contributed by atoms with Gasteiger partial charge in [0.15, 0.2) is 5.96 Å². The van der Waals surface area contributed by atoms with Crippen molar-refractivity contribution < 1.29 is 4.79 Å². The number of nitrogens with one attached hydrogen (secondary N) is 3. The van der Waals surface area contributed by atoms with Gasteiger partial charge in [-0.05, 0) is 41.5 Å². The Morgan fingerprint density at radius 1 is 1.27 bits per heavy atom. The van der Waals surface area contributed by atoms with E-state index < -0.39 is 0 Å². The fourth-order valence-corrected chi connectivity index (χ4v) is 2.60. The molecule has 0 saturated carbocycles. The zero-order valence-electron chi connectivity index (χ0n) is 14.3. The van der Waals surface area contributed by atoms with Crippen LogP contribution in [0.3, 0.4) is 0 Å². The van der Waals surface area contributed by atoms with Gasteiger partial charge in [-0.3, -0.25) is 4.79 Å². The van der Waals surface area contributed by atoms with E-state index in [1.165, 1.54) is 4.88 Å². The third kappa shape index (κ3) is 6.89. The molecule has 0 unspecified atom stereocenters. The summed E-state index contributed by atoms with van der Waals surface area (Å²) in [5, 5.41) is 10.2. The van der Waals surface area contributed by atoms with Gasteiger partial charge in [0.2, 0.25) is 5.91 Å². The number of hydrogen-bond donors (Lipinski definition) is 3. The second kappa shape index (κ2) is 8.12. The Bertz CT molecular complexity index is 511. The van der Waals surface area contributed by atoms with Gasteiger partial charge >= 0.3 is 0 Å². The van der Waals surface area contributed by atoms with Crippen molar-refractivity contribution in [1.29, 1.82) is 0 Å². The second-order valence-electron chi connectivity index (χ2n) is 6.10. The van der Waals surface area contributed by atoms with Crippen LogP contribution in [0.25, 0.3) is 0 Å². The van der Waals surface area contributed by atoms with E-state index >= 15 is 0 Å². The largest absolute Gasteiger partial charge is 0.357 e. The maximum atomic E-state index is 11.8. The number of aliphatic imine (C=N–C) groups is 1. The van der Waals surface area contributed by atoms with Gasteiger partial charge in [-0.2, -0.15) is 0 Å². The van der Waals surface area contributed by atoms with E-state index in [-0.39, 0.29) is 18.0 Å². The number of guanidine groups is 1. The molecule has 0 aliphatic rings. The quantitative estimate of drug-likeness (QED) is 0.569. The van der Waals surface area contributed by atoms with Crippen LogP contribution in [-0.2, 0) is 11.3 Å². The number of carbonyl (C=O) groups excluding carboxylic acids is 1. The van der Waals surface area contributed by atoms with Crippen molar-refractivity contribution in [3.63, 3.8) is 0 Å². The molecule has 0 bridgehead atoms. The highest BCUT2D eigenvalue weighted by molar-refractivity contribution is 7.11. The van der Waals surface area contributed by atoms with Crippen LogP contribution in [-0.4, -0.2) is 35.5 Å². The van der Waals surface area contributed by atoms with Gasteiger partial charge in [-0.25, -0.2) is 9.98 Å². The number of rotatable bonds is 5. The maximum Gasteiger partial charge on any atom is 0.242 e. The molecule has 1 amide bonds. The molecule has 124 valence electrons. The van der Waals surface area contributed by atoms with E-state index in [0.717, 1.165) is 17.2 Å². The zero-order valence-corrected chi connectivity index (χ0v) is 15.1. The molecule has 3 N–H and O–H groups in total. The molecule has 0 atom stereocenters. The molecule has 0 spiro atoms. The summed E-state index contributed by atoms with van der Waals surface area (Å²) >= 11 is 1.67. The molecule has 0 aliphatic heterocycles. The molecular formula is C15H27N5OS. The maximum absolute atomic E-state index is 11.8. The number of thiazole rings is 1. The molecule has 1 rings (SSSR count). The average Bonchev–Trinajstić information content (AvgIpc) is 2.70. The molecule has 22 heavy (non-hydrogen) atoms. The van der Waals surface area contributed by atoms with Crippen molar-refractivity contribution in [2.45, 2.75) is 53.6 Å². The molecule has 0 saturated heterocycles. The molecule has 1 aromatic heterocycles. The Labute approximate surface area is 136 Å². The lowest BCUT2D eigenvalue weighted by molar-refractivity contribution is -0.121. The number of aryl methyl sites for hydroxylation is 2.